The maximum absolute atomic E-state index is 11.9. The first-order chi connectivity index (χ1) is 11.0. The minimum absolute atomic E-state index is 0.0368. The van der Waals surface area contributed by atoms with E-state index in [9.17, 15) is 14.9 Å². The molecule has 2 aromatic rings. The van der Waals surface area contributed by atoms with Crippen molar-refractivity contribution in [1.29, 1.82) is 0 Å². The van der Waals surface area contributed by atoms with Gasteiger partial charge in [0.05, 0.1) is 13.2 Å². The van der Waals surface area contributed by atoms with Gasteiger partial charge in [0.25, 0.3) is 0 Å². The van der Waals surface area contributed by atoms with Crippen LogP contribution in [0.15, 0.2) is 45.9 Å². The zero-order chi connectivity index (χ0) is 16.8. The highest BCUT2D eigenvalue weighted by molar-refractivity contribution is 6.24. The van der Waals surface area contributed by atoms with Gasteiger partial charge in [-0.2, -0.15) is 0 Å². The Morgan fingerprint density at radius 3 is 2.57 bits per heavy atom. The Hall–Kier alpha value is -3.58. The van der Waals surface area contributed by atoms with E-state index in [1.54, 1.807) is 24.3 Å². The molecule has 0 fully saturated rings. The Morgan fingerprint density at radius 2 is 2.04 bits per heavy atom. The van der Waals surface area contributed by atoms with Gasteiger partial charge in [0.15, 0.2) is 0 Å². The van der Waals surface area contributed by atoms with Crippen LogP contribution in [0.5, 0.6) is 5.75 Å². The fraction of sp³-hybridized carbons (Fsp3) is 0.0714. The van der Waals surface area contributed by atoms with Crippen molar-refractivity contribution in [2.45, 2.75) is 0 Å². The molecule has 9 heteroatoms. The molecule has 9 nitrogen and oxygen atoms in total. The van der Waals surface area contributed by atoms with Crippen molar-refractivity contribution in [2.24, 2.45) is 5.11 Å². The molecular weight excluding hydrogens is 304 g/mol. The third-order valence-electron chi connectivity index (χ3n) is 2.85. The van der Waals surface area contributed by atoms with Crippen LogP contribution in [-0.4, -0.2) is 17.9 Å². The lowest BCUT2D eigenvalue weighted by Gasteiger charge is -2.05. The summed E-state index contributed by atoms with van der Waals surface area (Å²) >= 11 is 0. The molecule has 23 heavy (non-hydrogen) atoms. The fourth-order valence-electron chi connectivity index (χ4n) is 1.79. The molecule has 0 N–H and O–H groups in total. The van der Waals surface area contributed by atoms with Crippen LogP contribution >= 0.6 is 0 Å². The van der Waals surface area contributed by atoms with E-state index in [4.69, 9.17) is 14.7 Å². The van der Waals surface area contributed by atoms with Crippen LogP contribution in [0.4, 0.5) is 5.88 Å². The molecule has 0 radical (unpaired) electrons. The average molecular weight is 314 g/mol. The maximum Gasteiger partial charge on any atom is 0.433 e. The molecule has 0 saturated carbocycles. The highest BCUT2D eigenvalue weighted by Crippen LogP contribution is 2.25. The summed E-state index contributed by atoms with van der Waals surface area (Å²) in [5.41, 5.74) is 8.92. The van der Waals surface area contributed by atoms with E-state index in [1.165, 1.54) is 19.3 Å². The summed E-state index contributed by atoms with van der Waals surface area (Å²) in [6, 6.07) is 8.93. The first-order valence-electron chi connectivity index (χ1n) is 6.25. The highest BCUT2D eigenvalue weighted by atomic mass is 16.6. The zero-order valence-electron chi connectivity index (χ0n) is 11.9. The molecule has 1 aromatic heterocycles. The van der Waals surface area contributed by atoms with E-state index in [1.807, 2.05) is 0 Å². The van der Waals surface area contributed by atoms with E-state index in [0.717, 1.165) is 6.07 Å². The van der Waals surface area contributed by atoms with Gasteiger partial charge >= 0.3 is 5.88 Å². The minimum atomic E-state index is -0.836. The van der Waals surface area contributed by atoms with Gasteiger partial charge in [-0.3, -0.25) is 14.9 Å². The number of nitro groups is 1. The van der Waals surface area contributed by atoms with Crippen molar-refractivity contribution >= 4 is 23.4 Å². The monoisotopic (exact) mass is 314 g/mol. The maximum atomic E-state index is 11.9. The number of nitrogens with zero attached hydrogens (tertiary/aromatic N) is 4. The summed E-state index contributed by atoms with van der Waals surface area (Å²) in [7, 11) is 1.50. The largest absolute Gasteiger partial charge is 0.497 e. The summed E-state index contributed by atoms with van der Waals surface area (Å²) in [4.78, 5) is 24.3. The van der Waals surface area contributed by atoms with Crippen molar-refractivity contribution in [1.82, 2.24) is 0 Å². The topological polar surface area (TPSA) is 131 Å². The molecule has 0 unspecified atom stereocenters. The number of carbonyl (C=O) groups excluding carboxylic acids is 1. The second-order valence-electron chi connectivity index (χ2n) is 4.21. The van der Waals surface area contributed by atoms with Crippen LogP contribution in [0.2, 0.25) is 0 Å². The predicted molar refractivity (Wildman–Crippen MR) is 80.4 cm³/mol. The number of hydrogen-bond acceptors (Lipinski definition) is 5. The summed E-state index contributed by atoms with van der Waals surface area (Å²) in [5, 5.41) is 13.7. The van der Waals surface area contributed by atoms with Gasteiger partial charge in [0, 0.05) is 10.5 Å². The Balaban J connectivity index is 2.47. The first kappa shape index (κ1) is 15.8. The van der Waals surface area contributed by atoms with Crippen molar-refractivity contribution < 1.29 is 18.9 Å². The van der Waals surface area contributed by atoms with Gasteiger partial charge in [-0.15, -0.1) is 0 Å². The van der Waals surface area contributed by atoms with E-state index < -0.39 is 16.7 Å². The van der Waals surface area contributed by atoms with Crippen molar-refractivity contribution in [3.05, 3.63) is 68.3 Å². The number of azide groups is 1. The summed E-state index contributed by atoms with van der Waals surface area (Å²) in [5.74, 6) is -0.625. The number of amides is 1. The minimum Gasteiger partial charge on any atom is -0.497 e. The SMILES string of the molecule is COc1ccc(/C(=C\c2ccc([N+](=O)[O-])o2)C(=O)N=[N+]=[N-])cc1. The lowest BCUT2D eigenvalue weighted by molar-refractivity contribution is -0.402. The molecule has 2 rings (SSSR count). The number of furan rings is 1. The number of methoxy groups -OCH3 is 1. The molecule has 0 aliphatic rings. The van der Waals surface area contributed by atoms with Crippen molar-refractivity contribution in [3.63, 3.8) is 0 Å². The molecule has 1 heterocycles. The lowest BCUT2D eigenvalue weighted by Crippen LogP contribution is -1.97. The van der Waals surface area contributed by atoms with E-state index in [2.05, 4.69) is 10.0 Å². The highest BCUT2D eigenvalue weighted by Gasteiger charge is 2.15. The number of benzene rings is 1. The Kier molecular flexibility index (Phi) is 4.75. The molecule has 0 bridgehead atoms. The average Bonchev–Trinajstić information content (AvgIpc) is 3.02. The fourth-order valence-corrected chi connectivity index (χ4v) is 1.79. The quantitative estimate of drug-likeness (QED) is 0.208. The third kappa shape index (κ3) is 3.74. The molecule has 0 atom stereocenters. The van der Waals surface area contributed by atoms with Gasteiger partial charge in [-0.05, 0) is 40.5 Å². The van der Waals surface area contributed by atoms with E-state index in [0.29, 0.717) is 11.3 Å². The lowest BCUT2D eigenvalue weighted by atomic mass is 10.0. The molecule has 0 aliphatic carbocycles. The summed E-state index contributed by atoms with van der Waals surface area (Å²) < 4.78 is 10.0. The Bertz CT molecular complexity index is 816. The Labute approximate surface area is 129 Å². The van der Waals surface area contributed by atoms with Crippen molar-refractivity contribution in [3.8, 4) is 5.75 Å². The zero-order valence-corrected chi connectivity index (χ0v) is 11.9. The second kappa shape index (κ2) is 6.92. The van der Waals surface area contributed by atoms with Crippen LogP contribution in [0.3, 0.4) is 0 Å². The van der Waals surface area contributed by atoms with Gasteiger partial charge in [0.2, 0.25) is 5.91 Å². The standard InChI is InChI=1S/C14H10N4O5/c1-22-10-4-2-9(3-5-10)12(14(19)16-17-15)8-11-6-7-13(23-11)18(20)21/h2-8H,1H3/b12-8+. The predicted octanol–water partition coefficient (Wildman–Crippen LogP) is 3.57. The van der Waals surface area contributed by atoms with E-state index in [-0.39, 0.29) is 11.3 Å². The number of carbonyl (C=O) groups is 1. The van der Waals surface area contributed by atoms with Crippen LogP contribution < -0.4 is 4.74 Å². The molecule has 1 aromatic carbocycles. The Morgan fingerprint density at radius 1 is 1.35 bits per heavy atom. The van der Waals surface area contributed by atoms with Gasteiger partial charge in [0.1, 0.15) is 16.4 Å². The molecule has 116 valence electrons. The number of hydrogen-bond donors (Lipinski definition) is 0. The van der Waals surface area contributed by atoms with Gasteiger partial charge in [-0.1, -0.05) is 12.1 Å². The molecule has 1 amide bonds. The smallest absolute Gasteiger partial charge is 0.433 e. The van der Waals surface area contributed by atoms with E-state index >= 15 is 0 Å². The van der Waals surface area contributed by atoms with Crippen LogP contribution in [0.1, 0.15) is 11.3 Å². The van der Waals surface area contributed by atoms with Crippen LogP contribution in [0.25, 0.3) is 22.1 Å². The first-order valence-corrected chi connectivity index (χ1v) is 6.25. The molecule has 0 spiro atoms. The number of rotatable bonds is 5. The van der Waals surface area contributed by atoms with Gasteiger partial charge in [-0.25, -0.2) is 0 Å². The number of ether oxygens (including phenoxy) is 1. The summed E-state index contributed by atoms with van der Waals surface area (Å²) in [6.45, 7) is 0. The molecule has 0 aliphatic heterocycles. The van der Waals surface area contributed by atoms with Gasteiger partial charge < -0.3 is 9.15 Å². The van der Waals surface area contributed by atoms with Crippen LogP contribution in [0, 0.1) is 10.1 Å². The van der Waals surface area contributed by atoms with Crippen molar-refractivity contribution in [2.75, 3.05) is 7.11 Å². The molecule has 0 saturated heterocycles. The van der Waals surface area contributed by atoms with Crippen LogP contribution in [-0.2, 0) is 4.79 Å². The normalized spacial score (nSPS) is 10.7. The summed E-state index contributed by atoms with van der Waals surface area (Å²) in [6.07, 6.45) is 1.27. The second-order valence-corrected chi connectivity index (χ2v) is 4.21. The molecular formula is C14H10N4O5. The third-order valence-corrected chi connectivity index (χ3v) is 2.85.